The molecule has 0 aliphatic carbocycles. The molecule has 1 aromatic carbocycles. The van der Waals surface area contributed by atoms with Crippen molar-refractivity contribution < 1.29 is 42.9 Å². The summed E-state index contributed by atoms with van der Waals surface area (Å²) in [6, 6.07) is 1.03. The zero-order chi connectivity index (χ0) is 20.9. The Kier molecular flexibility index (Phi) is 6.95. The Hall–Kier alpha value is -3.07. The summed E-state index contributed by atoms with van der Waals surface area (Å²) in [4.78, 5) is 45.5. The molecule has 0 aromatic heterocycles. The van der Waals surface area contributed by atoms with Gasteiger partial charge < -0.3 is 26.4 Å². The van der Waals surface area contributed by atoms with Gasteiger partial charge in [0.2, 0.25) is 5.91 Å². The molecule has 13 nitrogen and oxygen atoms in total. The van der Waals surface area contributed by atoms with E-state index in [1.54, 1.807) is 4.83 Å². The number of benzene rings is 1. The molecule has 0 radical (unpaired) electrons. The second kappa shape index (κ2) is 8.54. The number of hydrogen-bond donors (Lipinski definition) is 7. The predicted molar refractivity (Wildman–Crippen MR) is 87.0 cm³/mol. The Balaban J connectivity index is 3.12. The molecule has 0 saturated carbocycles. The van der Waals surface area contributed by atoms with Crippen molar-refractivity contribution in [2.75, 3.05) is 0 Å². The third-order valence-corrected chi connectivity index (χ3v) is 4.24. The number of hydrazine groups is 1. The molecule has 1 rings (SSSR count). The normalized spacial score (nSPS) is 13.4. The zero-order valence-electron chi connectivity index (χ0n) is 13.7. The van der Waals surface area contributed by atoms with Gasteiger partial charge in [0, 0.05) is 0 Å². The van der Waals surface area contributed by atoms with Crippen molar-refractivity contribution in [2.45, 2.75) is 24.0 Å². The van der Waals surface area contributed by atoms with Crippen LogP contribution in [0.5, 0.6) is 0 Å². The molecule has 0 fully saturated rings. The number of sulfonamides is 1. The highest BCUT2D eigenvalue weighted by Gasteiger charge is 2.25. The Labute approximate surface area is 152 Å². The molecule has 27 heavy (non-hydrogen) atoms. The molecule has 1 aromatic rings. The third-order valence-electron chi connectivity index (χ3n) is 3.00. The summed E-state index contributed by atoms with van der Waals surface area (Å²) in [5.41, 5.74) is 5.86. The largest absolute Gasteiger partial charge is 0.479 e. The van der Waals surface area contributed by atoms with Gasteiger partial charge in [0.05, 0.1) is 22.1 Å². The summed E-state index contributed by atoms with van der Waals surface area (Å²) >= 11 is 0. The third kappa shape index (κ3) is 6.00. The fraction of sp³-hybridized carbons (Fsp3) is 0.231. The number of nitrogens with two attached hydrogens (primary N) is 1. The average molecular weight is 404 g/mol. The molecule has 0 spiro atoms. The Morgan fingerprint density at radius 2 is 1.48 bits per heavy atom. The topological polar surface area (TPSA) is 225 Å². The Bertz CT molecular complexity index is 850. The number of aliphatic carboxylic acids is 1. The van der Waals surface area contributed by atoms with Crippen LogP contribution in [0, 0.1) is 0 Å². The standard InChI is InChI=1S/C13H16N4O9S/c1-5(14)10(18)15-9(13(23)24)16-17-27(25,26)8-3-6(11(19)20)2-7(4-8)12(21)22/h2-5,9,16-17H,14H2,1H3,(H,15,18)(H,19,20)(H,21,22)(H,23,24)/t5-,9?/m0/s1. The first-order valence-electron chi connectivity index (χ1n) is 7.03. The smallest absolute Gasteiger partial charge is 0.342 e. The van der Waals surface area contributed by atoms with Crippen molar-refractivity contribution in [3.63, 3.8) is 0 Å². The summed E-state index contributed by atoms with van der Waals surface area (Å²) in [5.74, 6) is -5.70. The van der Waals surface area contributed by atoms with Crippen molar-refractivity contribution in [2.24, 2.45) is 5.73 Å². The number of carbonyl (C=O) groups is 4. The maximum absolute atomic E-state index is 12.2. The van der Waals surface area contributed by atoms with E-state index in [0.29, 0.717) is 12.1 Å². The first-order valence-corrected chi connectivity index (χ1v) is 8.51. The second-order valence-electron chi connectivity index (χ2n) is 5.17. The van der Waals surface area contributed by atoms with Crippen molar-refractivity contribution in [3.05, 3.63) is 29.3 Å². The van der Waals surface area contributed by atoms with Crippen LogP contribution >= 0.6 is 0 Å². The van der Waals surface area contributed by atoms with E-state index in [9.17, 15) is 27.6 Å². The van der Waals surface area contributed by atoms with Gasteiger partial charge in [0.25, 0.3) is 10.0 Å². The van der Waals surface area contributed by atoms with Crippen LogP contribution in [-0.4, -0.2) is 59.8 Å². The van der Waals surface area contributed by atoms with E-state index in [1.807, 2.05) is 10.7 Å². The van der Waals surface area contributed by atoms with Gasteiger partial charge in [-0.1, -0.05) is 0 Å². The minimum atomic E-state index is -4.59. The number of carboxylic acid groups (broad SMARTS) is 3. The molecule has 1 unspecified atom stereocenters. The van der Waals surface area contributed by atoms with Gasteiger partial charge in [-0.25, -0.2) is 28.2 Å². The molecular weight excluding hydrogens is 388 g/mol. The minimum Gasteiger partial charge on any atom is -0.479 e. The summed E-state index contributed by atoms with van der Waals surface area (Å²) in [6.07, 6.45) is -1.90. The molecule has 2 atom stereocenters. The maximum Gasteiger partial charge on any atom is 0.342 e. The molecule has 0 aliphatic rings. The second-order valence-corrected chi connectivity index (χ2v) is 6.86. The number of nitrogens with one attached hydrogen (secondary N) is 3. The number of carboxylic acids is 3. The van der Waals surface area contributed by atoms with Crippen molar-refractivity contribution in [1.29, 1.82) is 0 Å². The van der Waals surface area contributed by atoms with E-state index in [0.717, 1.165) is 6.07 Å². The van der Waals surface area contributed by atoms with E-state index < -0.39 is 62.1 Å². The fourth-order valence-electron chi connectivity index (χ4n) is 1.63. The highest BCUT2D eigenvalue weighted by Crippen LogP contribution is 2.15. The lowest BCUT2D eigenvalue weighted by atomic mass is 10.1. The monoisotopic (exact) mass is 404 g/mol. The van der Waals surface area contributed by atoms with Crippen LogP contribution in [0.4, 0.5) is 0 Å². The first kappa shape index (κ1) is 22.0. The molecule has 14 heteroatoms. The molecule has 0 aliphatic heterocycles. The van der Waals surface area contributed by atoms with Crippen LogP contribution < -0.4 is 21.3 Å². The maximum atomic E-state index is 12.2. The van der Waals surface area contributed by atoms with E-state index in [2.05, 4.69) is 0 Å². The van der Waals surface area contributed by atoms with Gasteiger partial charge >= 0.3 is 17.9 Å². The van der Waals surface area contributed by atoms with Gasteiger partial charge in [-0.2, -0.15) is 0 Å². The highest BCUT2D eigenvalue weighted by molar-refractivity contribution is 7.89. The van der Waals surface area contributed by atoms with Crippen LogP contribution in [-0.2, 0) is 19.6 Å². The van der Waals surface area contributed by atoms with E-state index in [-0.39, 0.29) is 0 Å². The number of aromatic carboxylic acids is 2. The average Bonchev–Trinajstić information content (AvgIpc) is 2.57. The Morgan fingerprint density at radius 3 is 1.85 bits per heavy atom. The van der Waals surface area contributed by atoms with Gasteiger partial charge in [-0.05, 0) is 25.1 Å². The summed E-state index contributed by atoms with van der Waals surface area (Å²) in [5, 5.41) is 28.8. The van der Waals surface area contributed by atoms with Crippen LogP contribution in [0.15, 0.2) is 23.1 Å². The quantitative estimate of drug-likeness (QED) is 0.172. The van der Waals surface area contributed by atoms with Crippen LogP contribution in [0.2, 0.25) is 0 Å². The van der Waals surface area contributed by atoms with Crippen molar-refractivity contribution in [1.82, 2.24) is 15.6 Å². The SMILES string of the molecule is C[C@H](N)C(=O)NC(NNS(=O)(=O)c1cc(C(=O)O)cc(C(=O)O)c1)C(=O)O. The molecule has 0 bridgehead atoms. The van der Waals surface area contributed by atoms with Crippen molar-refractivity contribution in [3.8, 4) is 0 Å². The molecule has 8 N–H and O–H groups in total. The Morgan fingerprint density at radius 1 is 1.00 bits per heavy atom. The molecule has 148 valence electrons. The minimum absolute atomic E-state index is 0.615. The number of rotatable bonds is 9. The summed E-state index contributed by atoms with van der Waals surface area (Å²) in [7, 11) is -4.59. The predicted octanol–water partition coefficient (Wildman–Crippen LogP) is -2.26. The lowest BCUT2D eigenvalue weighted by molar-refractivity contribution is -0.143. The van der Waals surface area contributed by atoms with Gasteiger partial charge in [0.1, 0.15) is 0 Å². The van der Waals surface area contributed by atoms with E-state index in [4.69, 9.17) is 21.1 Å². The number of carbonyl (C=O) groups excluding carboxylic acids is 1. The van der Waals surface area contributed by atoms with Gasteiger partial charge in [-0.3, -0.25) is 4.79 Å². The fourth-order valence-corrected chi connectivity index (χ4v) is 2.58. The van der Waals surface area contributed by atoms with Crippen LogP contribution in [0.3, 0.4) is 0 Å². The lowest BCUT2D eigenvalue weighted by Crippen LogP contribution is -2.58. The number of amides is 1. The van der Waals surface area contributed by atoms with Crippen LogP contribution in [0.25, 0.3) is 0 Å². The highest BCUT2D eigenvalue weighted by atomic mass is 32.2. The number of hydrogen-bond acceptors (Lipinski definition) is 8. The van der Waals surface area contributed by atoms with Gasteiger partial charge in [0.15, 0.2) is 6.17 Å². The van der Waals surface area contributed by atoms with E-state index >= 15 is 0 Å². The van der Waals surface area contributed by atoms with Crippen LogP contribution in [0.1, 0.15) is 27.6 Å². The first-order chi connectivity index (χ1) is 12.3. The van der Waals surface area contributed by atoms with E-state index in [1.165, 1.54) is 6.92 Å². The summed E-state index contributed by atoms with van der Waals surface area (Å²) < 4.78 is 24.5. The summed E-state index contributed by atoms with van der Waals surface area (Å²) in [6.45, 7) is 1.27. The van der Waals surface area contributed by atoms with Crippen molar-refractivity contribution >= 4 is 33.8 Å². The van der Waals surface area contributed by atoms with Gasteiger partial charge in [-0.15, -0.1) is 4.83 Å². The molecule has 0 saturated heterocycles. The zero-order valence-corrected chi connectivity index (χ0v) is 14.5. The lowest BCUT2D eigenvalue weighted by Gasteiger charge is -2.18. The molecular formula is C13H16N4O9S. The molecule has 1 amide bonds. The molecule has 0 heterocycles.